The smallest absolute Gasteiger partial charge is 0.0289 e. The number of nitrogens with one attached hydrogen (secondary N) is 1. The van der Waals surface area contributed by atoms with E-state index in [4.69, 9.17) is 0 Å². The zero-order valence-corrected chi connectivity index (χ0v) is 11.9. The van der Waals surface area contributed by atoms with E-state index in [1.54, 1.807) is 0 Å². The minimum absolute atomic E-state index is 0.389. The maximum atomic E-state index is 3.26. The largest absolute Gasteiger partial charge is 0.313 e. The van der Waals surface area contributed by atoms with Crippen LogP contribution in [-0.2, 0) is 0 Å². The fourth-order valence-electron chi connectivity index (χ4n) is 2.50. The second kappa shape index (κ2) is 5.48. The Morgan fingerprint density at radius 1 is 0.750 bits per heavy atom. The molecule has 3 aromatic rings. The average molecular weight is 261 g/mol. The predicted molar refractivity (Wildman–Crippen MR) is 86.9 cm³/mol. The SMILES string of the molecule is CNC(C)c1ccc(-c2ccc3ccccc3c2)cc1. The number of rotatable bonds is 3. The Balaban J connectivity index is 1.98. The van der Waals surface area contributed by atoms with Crippen LogP contribution in [0, 0.1) is 0 Å². The van der Waals surface area contributed by atoms with Crippen LogP contribution in [0.1, 0.15) is 18.5 Å². The lowest BCUT2D eigenvalue weighted by Crippen LogP contribution is -2.11. The Labute approximate surface area is 120 Å². The highest BCUT2D eigenvalue weighted by Gasteiger charge is 2.03. The van der Waals surface area contributed by atoms with Gasteiger partial charge in [-0.3, -0.25) is 0 Å². The van der Waals surface area contributed by atoms with Crippen molar-refractivity contribution >= 4 is 10.8 Å². The molecule has 0 aliphatic rings. The van der Waals surface area contributed by atoms with Gasteiger partial charge in [0.05, 0.1) is 0 Å². The standard InChI is InChI=1S/C19H19N/c1-14(20-2)15-7-9-17(10-8-15)19-12-11-16-5-3-4-6-18(16)13-19/h3-14,20H,1-2H3. The lowest BCUT2D eigenvalue weighted by molar-refractivity contribution is 0.652. The molecular weight excluding hydrogens is 242 g/mol. The molecule has 0 aliphatic heterocycles. The Kier molecular flexibility index (Phi) is 3.53. The van der Waals surface area contributed by atoms with E-state index < -0.39 is 0 Å². The molecule has 0 spiro atoms. The first-order chi connectivity index (χ1) is 9.78. The molecule has 1 heteroatoms. The molecule has 3 rings (SSSR count). The maximum Gasteiger partial charge on any atom is 0.0289 e. The van der Waals surface area contributed by atoms with Crippen LogP contribution in [0.15, 0.2) is 66.7 Å². The lowest BCUT2D eigenvalue weighted by Gasteiger charge is -2.11. The number of hydrogen-bond acceptors (Lipinski definition) is 1. The summed E-state index contributed by atoms with van der Waals surface area (Å²) in [4.78, 5) is 0. The number of hydrogen-bond donors (Lipinski definition) is 1. The first kappa shape index (κ1) is 12.9. The van der Waals surface area contributed by atoms with Crippen molar-refractivity contribution in [1.29, 1.82) is 0 Å². The summed E-state index contributed by atoms with van der Waals surface area (Å²) < 4.78 is 0. The van der Waals surface area contributed by atoms with Gasteiger partial charge in [-0.1, -0.05) is 60.7 Å². The van der Waals surface area contributed by atoms with Crippen LogP contribution in [0.3, 0.4) is 0 Å². The monoisotopic (exact) mass is 261 g/mol. The van der Waals surface area contributed by atoms with Crippen LogP contribution in [0.25, 0.3) is 21.9 Å². The Morgan fingerprint density at radius 3 is 2.10 bits per heavy atom. The van der Waals surface area contributed by atoms with E-state index in [9.17, 15) is 0 Å². The van der Waals surface area contributed by atoms with E-state index in [0.717, 1.165) is 0 Å². The van der Waals surface area contributed by atoms with Gasteiger partial charge in [-0.25, -0.2) is 0 Å². The zero-order chi connectivity index (χ0) is 13.9. The van der Waals surface area contributed by atoms with Gasteiger partial charge >= 0.3 is 0 Å². The van der Waals surface area contributed by atoms with Gasteiger partial charge < -0.3 is 5.32 Å². The Bertz CT molecular complexity index is 713. The molecule has 20 heavy (non-hydrogen) atoms. The van der Waals surface area contributed by atoms with Gasteiger partial charge in [0.1, 0.15) is 0 Å². The van der Waals surface area contributed by atoms with Crippen molar-refractivity contribution in [2.24, 2.45) is 0 Å². The van der Waals surface area contributed by atoms with E-state index >= 15 is 0 Å². The van der Waals surface area contributed by atoms with Crippen LogP contribution >= 0.6 is 0 Å². The third kappa shape index (κ3) is 2.45. The van der Waals surface area contributed by atoms with Gasteiger partial charge in [0, 0.05) is 6.04 Å². The van der Waals surface area contributed by atoms with Crippen LogP contribution < -0.4 is 5.32 Å². The third-order valence-electron chi connectivity index (χ3n) is 3.93. The van der Waals surface area contributed by atoms with Gasteiger partial charge in [-0.15, -0.1) is 0 Å². The quantitative estimate of drug-likeness (QED) is 0.715. The minimum Gasteiger partial charge on any atom is -0.313 e. The molecule has 100 valence electrons. The van der Waals surface area contributed by atoms with Crippen LogP contribution in [0.2, 0.25) is 0 Å². The molecule has 0 bridgehead atoms. The lowest BCUT2D eigenvalue weighted by atomic mass is 9.99. The summed E-state index contributed by atoms with van der Waals surface area (Å²) >= 11 is 0. The van der Waals surface area contributed by atoms with Crippen molar-refractivity contribution in [3.8, 4) is 11.1 Å². The summed E-state index contributed by atoms with van der Waals surface area (Å²) in [6.45, 7) is 2.17. The van der Waals surface area contributed by atoms with Gasteiger partial charge in [0.25, 0.3) is 0 Å². The molecule has 0 saturated carbocycles. The molecule has 0 radical (unpaired) electrons. The van der Waals surface area contributed by atoms with Crippen molar-refractivity contribution in [2.45, 2.75) is 13.0 Å². The fraction of sp³-hybridized carbons (Fsp3) is 0.158. The number of benzene rings is 3. The Hall–Kier alpha value is -2.12. The average Bonchev–Trinajstić information content (AvgIpc) is 2.54. The molecule has 0 aromatic heterocycles. The van der Waals surface area contributed by atoms with E-state index in [1.165, 1.54) is 27.5 Å². The molecular formula is C19H19N. The van der Waals surface area contributed by atoms with E-state index in [1.807, 2.05) is 7.05 Å². The summed E-state index contributed by atoms with van der Waals surface area (Å²) in [5.41, 5.74) is 3.85. The first-order valence-corrected chi connectivity index (χ1v) is 7.04. The van der Waals surface area contributed by atoms with Gasteiger partial charge in [-0.2, -0.15) is 0 Å². The van der Waals surface area contributed by atoms with Crippen molar-refractivity contribution in [3.05, 3.63) is 72.3 Å². The van der Waals surface area contributed by atoms with Crippen LogP contribution in [0.4, 0.5) is 0 Å². The van der Waals surface area contributed by atoms with E-state index in [2.05, 4.69) is 79.0 Å². The molecule has 0 heterocycles. The molecule has 0 amide bonds. The fourth-order valence-corrected chi connectivity index (χ4v) is 2.50. The summed E-state index contributed by atoms with van der Waals surface area (Å²) in [5.74, 6) is 0. The molecule has 3 aromatic carbocycles. The molecule has 1 N–H and O–H groups in total. The van der Waals surface area contributed by atoms with E-state index in [0.29, 0.717) is 6.04 Å². The predicted octanol–water partition coefficient (Wildman–Crippen LogP) is 4.79. The second-order valence-electron chi connectivity index (χ2n) is 5.19. The molecule has 0 fully saturated rings. The zero-order valence-electron chi connectivity index (χ0n) is 11.9. The highest BCUT2D eigenvalue weighted by atomic mass is 14.8. The molecule has 1 atom stereocenters. The molecule has 1 nitrogen and oxygen atoms in total. The molecule has 0 saturated heterocycles. The summed E-state index contributed by atoms with van der Waals surface area (Å²) in [7, 11) is 1.99. The van der Waals surface area contributed by atoms with Gasteiger partial charge in [0.2, 0.25) is 0 Å². The molecule has 1 unspecified atom stereocenters. The van der Waals surface area contributed by atoms with Crippen LogP contribution in [-0.4, -0.2) is 7.05 Å². The molecule has 0 aliphatic carbocycles. The van der Waals surface area contributed by atoms with Crippen LogP contribution in [0.5, 0.6) is 0 Å². The second-order valence-corrected chi connectivity index (χ2v) is 5.19. The Morgan fingerprint density at radius 2 is 1.40 bits per heavy atom. The first-order valence-electron chi connectivity index (χ1n) is 7.04. The minimum atomic E-state index is 0.389. The maximum absolute atomic E-state index is 3.26. The van der Waals surface area contributed by atoms with Crippen molar-refractivity contribution in [3.63, 3.8) is 0 Å². The highest BCUT2D eigenvalue weighted by molar-refractivity contribution is 5.87. The normalized spacial score (nSPS) is 12.5. The number of fused-ring (bicyclic) bond motifs is 1. The summed E-state index contributed by atoms with van der Waals surface area (Å²) in [6, 6.07) is 24.3. The topological polar surface area (TPSA) is 12.0 Å². The summed E-state index contributed by atoms with van der Waals surface area (Å²) in [6.07, 6.45) is 0. The van der Waals surface area contributed by atoms with Crippen molar-refractivity contribution in [2.75, 3.05) is 7.05 Å². The third-order valence-corrected chi connectivity index (χ3v) is 3.93. The van der Waals surface area contributed by atoms with Gasteiger partial charge in [-0.05, 0) is 47.5 Å². The summed E-state index contributed by atoms with van der Waals surface area (Å²) in [5, 5.41) is 5.84. The van der Waals surface area contributed by atoms with E-state index in [-0.39, 0.29) is 0 Å². The van der Waals surface area contributed by atoms with Crippen molar-refractivity contribution in [1.82, 2.24) is 5.32 Å². The van der Waals surface area contributed by atoms with Crippen molar-refractivity contribution < 1.29 is 0 Å². The van der Waals surface area contributed by atoms with Gasteiger partial charge in [0.15, 0.2) is 0 Å². The highest BCUT2D eigenvalue weighted by Crippen LogP contribution is 2.25.